The van der Waals surface area contributed by atoms with Crippen molar-refractivity contribution in [3.63, 3.8) is 0 Å². The van der Waals surface area contributed by atoms with Gasteiger partial charge in [0.15, 0.2) is 0 Å². The van der Waals surface area contributed by atoms with Gasteiger partial charge in [0.25, 0.3) is 0 Å². The number of rotatable bonds is 4. The minimum atomic E-state index is -0.125. The third-order valence-corrected chi connectivity index (χ3v) is 5.37. The summed E-state index contributed by atoms with van der Waals surface area (Å²) < 4.78 is 1.04. The van der Waals surface area contributed by atoms with Crippen LogP contribution >= 0.6 is 50.5 Å². The molecule has 1 unspecified atom stereocenters. The number of thiazole rings is 1. The lowest BCUT2D eigenvalue weighted by atomic mass is 10.1. The molecular weight excluding hydrogens is 429 g/mol. The quantitative estimate of drug-likeness (QED) is 0.382. The Labute approximate surface area is 162 Å². The van der Waals surface area contributed by atoms with Crippen LogP contribution in [-0.2, 0) is 0 Å². The van der Waals surface area contributed by atoms with Crippen LogP contribution in [-0.4, -0.2) is 4.98 Å². The second kappa shape index (κ2) is 7.74. The molecular formula is C17H12BrCl2N3S. The zero-order chi connectivity index (χ0) is 17.1. The highest BCUT2D eigenvalue weighted by molar-refractivity contribution is 9.10. The van der Waals surface area contributed by atoms with Crippen LogP contribution in [0.3, 0.4) is 0 Å². The molecule has 1 heterocycles. The molecule has 0 spiro atoms. The molecule has 0 aliphatic carbocycles. The SMILES string of the molecule is CC(N=Nc1nc(-c2ccc(Br)cc2)cs1)c1ccc(Cl)c(Cl)c1. The highest BCUT2D eigenvalue weighted by Crippen LogP contribution is 2.30. The van der Waals surface area contributed by atoms with Gasteiger partial charge in [0.05, 0.1) is 21.8 Å². The van der Waals surface area contributed by atoms with Gasteiger partial charge in [0.1, 0.15) is 0 Å². The van der Waals surface area contributed by atoms with Gasteiger partial charge in [-0.05, 0) is 36.8 Å². The van der Waals surface area contributed by atoms with E-state index in [1.807, 2.05) is 48.7 Å². The maximum absolute atomic E-state index is 6.04. The molecule has 0 bridgehead atoms. The molecule has 0 N–H and O–H groups in total. The Morgan fingerprint density at radius 2 is 1.83 bits per heavy atom. The van der Waals surface area contributed by atoms with E-state index in [9.17, 15) is 0 Å². The summed E-state index contributed by atoms with van der Waals surface area (Å²) >= 11 is 16.9. The molecule has 3 nitrogen and oxygen atoms in total. The summed E-state index contributed by atoms with van der Waals surface area (Å²) in [6.45, 7) is 1.95. The summed E-state index contributed by atoms with van der Waals surface area (Å²) in [4.78, 5) is 4.50. The molecule has 122 valence electrons. The van der Waals surface area contributed by atoms with Gasteiger partial charge in [-0.2, -0.15) is 5.11 Å². The van der Waals surface area contributed by atoms with E-state index in [1.54, 1.807) is 6.07 Å². The number of aromatic nitrogens is 1. The van der Waals surface area contributed by atoms with Crippen LogP contribution in [0.1, 0.15) is 18.5 Å². The Morgan fingerprint density at radius 1 is 1.08 bits per heavy atom. The smallest absolute Gasteiger partial charge is 0.217 e. The van der Waals surface area contributed by atoms with Crippen molar-refractivity contribution in [3.05, 3.63) is 67.9 Å². The summed E-state index contributed by atoms with van der Waals surface area (Å²) in [5.74, 6) is 0. The Kier molecular flexibility index (Phi) is 5.66. The molecule has 1 aromatic heterocycles. The van der Waals surface area contributed by atoms with Crippen molar-refractivity contribution in [3.8, 4) is 11.3 Å². The second-order valence-electron chi connectivity index (χ2n) is 5.09. The zero-order valence-electron chi connectivity index (χ0n) is 12.6. The van der Waals surface area contributed by atoms with Gasteiger partial charge in [-0.1, -0.05) is 57.3 Å². The molecule has 24 heavy (non-hydrogen) atoms. The summed E-state index contributed by atoms with van der Waals surface area (Å²) in [7, 11) is 0. The molecule has 1 atom stereocenters. The monoisotopic (exact) mass is 439 g/mol. The summed E-state index contributed by atoms with van der Waals surface area (Å²) in [5.41, 5.74) is 2.90. The van der Waals surface area contributed by atoms with Crippen LogP contribution < -0.4 is 0 Å². The van der Waals surface area contributed by atoms with E-state index in [0.29, 0.717) is 15.2 Å². The maximum Gasteiger partial charge on any atom is 0.230 e. The Bertz CT molecular complexity index is 878. The van der Waals surface area contributed by atoms with Gasteiger partial charge < -0.3 is 0 Å². The van der Waals surface area contributed by atoms with E-state index in [4.69, 9.17) is 23.2 Å². The minimum absolute atomic E-state index is 0.125. The number of hydrogen-bond donors (Lipinski definition) is 0. The van der Waals surface area contributed by atoms with Crippen molar-refractivity contribution < 1.29 is 0 Å². The second-order valence-corrected chi connectivity index (χ2v) is 7.65. The zero-order valence-corrected chi connectivity index (χ0v) is 16.5. The van der Waals surface area contributed by atoms with Gasteiger partial charge in [-0.25, -0.2) is 4.98 Å². The van der Waals surface area contributed by atoms with Gasteiger partial charge >= 0.3 is 0 Å². The highest BCUT2D eigenvalue weighted by atomic mass is 79.9. The van der Waals surface area contributed by atoms with Crippen LogP contribution in [0.2, 0.25) is 10.0 Å². The lowest BCUT2D eigenvalue weighted by Crippen LogP contribution is -1.88. The van der Waals surface area contributed by atoms with E-state index < -0.39 is 0 Å². The predicted molar refractivity (Wildman–Crippen MR) is 105 cm³/mol. The van der Waals surface area contributed by atoms with Crippen LogP contribution in [0.15, 0.2) is 62.5 Å². The van der Waals surface area contributed by atoms with Crippen LogP contribution in [0.4, 0.5) is 5.13 Å². The molecule has 0 aliphatic heterocycles. The lowest BCUT2D eigenvalue weighted by molar-refractivity contribution is 0.763. The van der Waals surface area contributed by atoms with Gasteiger partial charge in [0.2, 0.25) is 5.13 Å². The van der Waals surface area contributed by atoms with Gasteiger partial charge in [-0.15, -0.1) is 16.5 Å². The first-order chi connectivity index (χ1) is 11.5. The number of halogens is 3. The van der Waals surface area contributed by atoms with Crippen LogP contribution in [0.25, 0.3) is 11.3 Å². The minimum Gasteiger partial charge on any atom is -0.217 e. The Balaban J connectivity index is 1.74. The molecule has 3 aromatic rings. The average Bonchev–Trinajstić information content (AvgIpc) is 3.05. The van der Waals surface area contributed by atoms with Crippen molar-refractivity contribution in [2.24, 2.45) is 10.2 Å². The molecule has 3 rings (SSSR count). The van der Waals surface area contributed by atoms with Crippen molar-refractivity contribution >= 4 is 55.6 Å². The third-order valence-electron chi connectivity index (χ3n) is 3.37. The summed E-state index contributed by atoms with van der Waals surface area (Å²) in [5, 5.41) is 12.2. The van der Waals surface area contributed by atoms with E-state index in [1.165, 1.54) is 11.3 Å². The van der Waals surface area contributed by atoms with Crippen molar-refractivity contribution in [1.29, 1.82) is 0 Å². The van der Waals surface area contributed by atoms with Crippen molar-refractivity contribution in [2.45, 2.75) is 13.0 Å². The molecule has 0 radical (unpaired) electrons. The summed E-state index contributed by atoms with van der Waals surface area (Å²) in [6.07, 6.45) is 0. The molecule has 2 aromatic carbocycles. The standard InChI is InChI=1S/C17H12BrCl2N3S/c1-10(12-4-7-14(19)15(20)8-12)22-23-17-21-16(9-24-17)11-2-5-13(18)6-3-11/h2-10H,1H3. The largest absolute Gasteiger partial charge is 0.230 e. The predicted octanol–water partition coefficient (Wildman–Crippen LogP) is 7.72. The molecule has 0 fully saturated rings. The van der Waals surface area contributed by atoms with Gasteiger partial charge in [0, 0.05) is 15.4 Å². The highest BCUT2D eigenvalue weighted by Gasteiger charge is 2.08. The van der Waals surface area contributed by atoms with Gasteiger partial charge in [-0.3, -0.25) is 0 Å². The fourth-order valence-corrected chi connectivity index (χ4v) is 3.26. The summed E-state index contributed by atoms with van der Waals surface area (Å²) in [6, 6.07) is 13.3. The normalized spacial score (nSPS) is 12.7. The molecule has 0 saturated heterocycles. The molecule has 0 amide bonds. The molecule has 7 heteroatoms. The van der Waals surface area contributed by atoms with Crippen molar-refractivity contribution in [1.82, 2.24) is 4.98 Å². The third kappa shape index (κ3) is 4.22. The van der Waals surface area contributed by atoms with Crippen molar-refractivity contribution in [2.75, 3.05) is 0 Å². The first kappa shape index (κ1) is 17.5. The maximum atomic E-state index is 6.04. The van der Waals surface area contributed by atoms with Crippen LogP contribution in [0.5, 0.6) is 0 Å². The van der Waals surface area contributed by atoms with Crippen LogP contribution in [0, 0.1) is 0 Å². The fraction of sp³-hybridized carbons (Fsp3) is 0.118. The Hall–Kier alpha value is -1.27. The number of nitrogens with zero attached hydrogens (tertiary/aromatic N) is 3. The number of azo groups is 1. The Morgan fingerprint density at radius 3 is 2.54 bits per heavy atom. The van der Waals surface area contributed by atoms with E-state index in [0.717, 1.165) is 21.3 Å². The molecule has 0 aliphatic rings. The van der Waals surface area contributed by atoms with E-state index >= 15 is 0 Å². The topological polar surface area (TPSA) is 37.6 Å². The lowest BCUT2D eigenvalue weighted by Gasteiger charge is -2.06. The van der Waals surface area contributed by atoms with E-state index in [2.05, 4.69) is 31.1 Å². The first-order valence-corrected chi connectivity index (χ1v) is 9.53. The molecule has 0 saturated carbocycles. The number of hydrogen-bond acceptors (Lipinski definition) is 4. The van der Waals surface area contributed by atoms with E-state index in [-0.39, 0.29) is 6.04 Å². The first-order valence-electron chi connectivity index (χ1n) is 7.10. The fourth-order valence-electron chi connectivity index (χ4n) is 2.04. The number of benzene rings is 2. The average molecular weight is 441 g/mol.